The number of rotatable bonds is 3. The fourth-order valence-electron chi connectivity index (χ4n) is 3.83. The maximum Gasteiger partial charge on any atom is 0.275 e. The van der Waals surface area contributed by atoms with Crippen molar-refractivity contribution in [1.29, 1.82) is 0 Å². The highest BCUT2D eigenvalue weighted by Gasteiger charge is 2.47. The van der Waals surface area contributed by atoms with Crippen LogP contribution in [0, 0.1) is 0 Å². The van der Waals surface area contributed by atoms with E-state index >= 15 is 0 Å². The number of fused-ring (bicyclic) bond motifs is 2. The lowest BCUT2D eigenvalue weighted by Gasteiger charge is -2.34. The van der Waals surface area contributed by atoms with Crippen molar-refractivity contribution in [2.45, 2.75) is 38.2 Å². The molecule has 4 heterocycles. The molecule has 0 radical (unpaired) electrons. The summed E-state index contributed by atoms with van der Waals surface area (Å²) in [6.07, 6.45) is 2.68. The van der Waals surface area contributed by atoms with Crippen molar-refractivity contribution in [2.75, 3.05) is 38.7 Å². The van der Waals surface area contributed by atoms with Gasteiger partial charge in [0.15, 0.2) is 5.69 Å². The SMILES string of the molecule is CC(C)c1snnc1C(=O)N1CCC2(COCc3cnc(N(C)C)nc32)C1. The van der Waals surface area contributed by atoms with Crippen LogP contribution in [0.2, 0.25) is 0 Å². The van der Waals surface area contributed by atoms with Gasteiger partial charge in [0.25, 0.3) is 5.91 Å². The van der Waals surface area contributed by atoms with Gasteiger partial charge in [0.2, 0.25) is 5.95 Å². The van der Waals surface area contributed by atoms with E-state index < -0.39 is 0 Å². The first-order chi connectivity index (χ1) is 12.9. The monoisotopic (exact) mass is 388 g/mol. The molecule has 2 aromatic heterocycles. The zero-order valence-corrected chi connectivity index (χ0v) is 16.9. The number of carbonyl (C=O) groups is 1. The van der Waals surface area contributed by atoms with Crippen LogP contribution in [0.25, 0.3) is 0 Å². The van der Waals surface area contributed by atoms with Crippen molar-refractivity contribution in [1.82, 2.24) is 24.5 Å². The summed E-state index contributed by atoms with van der Waals surface area (Å²) in [5.74, 6) is 0.874. The van der Waals surface area contributed by atoms with Gasteiger partial charge in [-0.25, -0.2) is 9.97 Å². The third kappa shape index (κ3) is 3.08. The number of carbonyl (C=O) groups excluding carboxylic acids is 1. The van der Waals surface area contributed by atoms with E-state index in [1.165, 1.54) is 11.5 Å². The Morgan fingerprint density at radius 3 is 2.96 bits per heavy atom. The number of hydrogen-bond donors (Lipinski definition) is 0. The summed E-state index contributed by atoms with van der Waals surface area (Å²) in [6.45, 7) is 6.45. The standard InChI is InChI=1S/C18H24N6O2S/c1-11(2)14-13(21-22-27-14)16(25)24-6-5-18(9-24)10-26-8-12-7-19-17(23(3)4)20-15(12)18/h7,11H,5-6,8-10H2,1-4H3. The third-order valence-corrected chi connectivity index (χ3v) is 6.30. The van der Waals surface area contributed by atoms with E-state index in [4.69, 9.17) is 9.72 Å². The van der Waals surface area contributed by atoms with Gasteiger partial charge in [-0.05, 0) is 23.9 Å². The van der Waals surface area contributed by atoms with Crippen LogP contribution in [0.3, 0.4) is 0 Å². The van der Waals surface area contributed by atoms with Crippen LogP contribution in [-0.4, -0.2) is 64.2 Å². The minimum Gasteiger partial charge on any atom is -0.376 e. The second-order valence-corrected chi connectivity index (χ2v) is 8.61. The maximum absolute atomic E-state index is 13.1. The fourth-order valence-corrected chi connectivity index (χ4v) is 4.47. The van der Waals surface area contributed by atoms with Crippen LogP contribution in [0.4, 0.5) is 5.95 Å². The predicted molar refractivity (Wildman–Crippen MR) is 102 cm³/mol. The molecule has 0 bridgehead atoms. The first-order valence-corrected chi connectivity index (χ1v) is 9.91. The molecule has 9 heteroatoms. The third-order valence-electron chi connectivity index (χ3n) is 5.27. The van der Waals surface area contributed by atoms with Crippen LogP contribution >= 0.6 is 11.5 Å². The molecule has 144 valence electrons. The normalized spacial score (nSPS) is 21.7. The number of likely N-dealkylation sites (tertiary alicyclic amines) is 1. The molecular weight excluding hydrogens is 364 g/mol. The Morgan fingerprint density at radius 1 is 1.41 bits per heavy atom. The van der Waals surface area contributed by atoms with Gasteiger partial charge >= 0.3 is 0 Å². The van der Waals surface area contributed by atoms with Crippen molar-refractivity contribution in [3.8, 4) is 0 Å². The van der Waals surface area contributed by atoms with Gasteiger partial charge in [-0.2, -0.15) is 0 Å². The summed E-state index contributed by atoms with van der Waals surface area (Å²) in [5, 5.41) is 4.11. The largest absolute Gasteiger partial charge is 0.376 e. The lowest BCUT2D eigenvalue weighted by molar-refractivity contribution is 0.0483. The highest BCUT2D eigenvalue weighted by molar-refractivity contribution is 7.05. The summed E-state index contributed by atoms with van der Waals surface area (Å²) >= 11 is 1.31. The Balaban J connectivity index is 1.64. The number of hydrogen-bond acceptors (Lipinski definition) is 8. The molecule has 0 N–H and O–H groups in total. The average Bonchev–Trinajstić information content (AvgIpc) is 3.29. The molecule has 1 amide bonds. The van der Waals surface area contributed by atoms with Crippen molar-refractivity contribution >= 4 is 23.4 Å². The quantitative estimate of drug-likeness (QED) is 0.793. The molecule has 2 aliphatic rings. The van der Waals surface area contributed by atoms with Crippen LogP contribution in [0.15, 0.2) is 6.20 Å². The Kier molecular flexibility index (Phi) is 4.59. The molecule has 1 spiro atoms. The molecule has 4 rings (SSSR count). The predicted octanol–water partition coefficient (Wildman–Crippen LogP) is 1.83. The summed E-state index contributed by atoms with van der Waals surface area (Å²) in [6, 6.07) is 0. The second kappa shape index (κ2) is 6.79. The smallest absolute Gasteiger partial charge is 0.275 e. The molecule has 0 saturated carbocycles. The zero-order chi connectivity index (χ0) is 19.2. The van der Waals surface area contributed by atoms with E-state index in [2.05, 4.69) is 28.4 Å². The Morgan fingerprint density at radius 2 is 2.22 bits per heavy atom. The molecule has 1 unspecified atom stereocenters. The number of aromatic nitrogens is 4. The first kappa shape index (κ1) is 18.2. The van der Waals surface area contributed by atoms with Gasteiger partial charge in [0.1, 0.15) is 0 Å². The van der Waals surface area contributed by atoms with Crippen molar-refractivity contribution in [3.63, 3.8) is 0 Å². The van der Waals surface area contributed by atoms with E-state index in [1.807, 2.05) is 30.1 Å². The summed E-state index contributed by atoms with van der Waals surface area (Å²) in [5.41, 5.74) is 2.24. The van der Waals surface area contributed by atoms with Gasteiger partial charge in [-0.3, -0.25) is 4.79 Å². The fraction of sp³-hybridized carbons (Fsp3) is 0.611. The molecule has 27 heavy (non-hydrogen) atoms. The van der Waals surface area contributed by atoms with E-state index in [0.717, 1.165) is 22.6 Å². The molecule has 1 atom stereocenters. The molecule has 1 saturated heterocycles. The molecule has 0 aromatic carbocycles. The van der Waals surface area contributed by atoms with Crippen LogP contribution in [-0.2, 0) is 16.8 Å². The Labute approximate surface area is 162 Å². The molecule has 8 nitrogen and oxygen atoms in total. The van der Waals surface area contributed by atoms with Crippen LogP contribution in [0.1, 0.15) is 52.8 Å². The minimum atomic E-state index is -0.279. The van der Waals surface area contributed by atoms with Gasteiger partial charge in [0, 0.05) is 38.9 Å². The lowest BCUT2D eigenvalue weighted by atomic mass is 9.80. The topological polar surface area (TPSA) is 84.3 Å². The van der Waals surface area contributed by atoms with E-state index in [9.17, 15) is 4.79 Å². The first-order valence-electron chi connectivity index (χ1n) is 9.14. The summed E-state index contributed by atoms with van der Waals surface area (Å²) < 4.78 is 9.86. The molecule has 1 fully saturated rings. The highest BCUT2D eigenvalue weighted by atomic mass is 32.1. The Bertz CT molecular complexity index is 867. The number of nitrogens with zero attached hydrogens (tertiary/aromatic N) is 6. The van der Waals surface area contributed by atoms with Gasteiger partial charge in [-0.15, -0.1) is 5.10 Å². The number of anilines is 1. The lowest BCUT2D eigenvalue weighted by Crippen LogP contribution is -2.42. The Hall–Kier alpha value is -2.13. The highest BCUT2D eigenvalue weighted by Crippen LogP contribution is 2.40. The zero-order valence-electron chi connectivity index (χ0n) is 16.1. The van der Waals surface area contributed by atoms with E-state index in [-0.39, 0.29) is 17.2 Å². The van der Waals surface area contributed by atoms with E-state index in [0.29, 0.717) is 37.9 Å². The van der Waals surface area contributed by atoms with Gasteiger partial charge in [0.05, 0.1) is 29.2 Å². The minimum absolute atomic E-state index is 0.0432. The summed E-state index contributed by atoms with van der Waals surface area (Å²) in [7, 11) is 3.86. The van der Waals surface area contributed by atoms with Gasteiger partial charge in [-0.1, -0.05) is 18.3 Å². The van der Waals surface area contributed by atoms with Crippen LogP contribution < -0.4 is 4.90 Å². The number of amides is 1. The summed E-state index contributed by atoms with van der Waals surface area (Å²) in [4.78, 5) is 27.0. The van der Waals surface area contributed by atoms with Crippen molar-refractivity contribution in [3.05, 3.63) is 28.0 Å². The average molecular weight is 388 g/mol. The van der Waals surface area contributed by atoms with Crippen molar-refractivity contribution < 1.29 is 9.53 Å². The van der Waals surface area contributed by atoms with Gasteiger partial charge < -0.3 is 14.5 Å². The molecule has 2 aromatic rings. The molecule has 2 aliphatic heterocycles. The van der Waals surface area contributed by atoms with Crippen LogP contribution in [0.5, 0.6) is 0 Å². The maximum atomic E-state index is 13.1. The molecule has 0 aliphatic carbocycles. The molecular formula is C18H24N6O2S. The second-order valence-electron chi connectivity index (χ2n) is 7.83. The van der Waals surface area contributed by atoms with E-state index in [1.54, 1.807) is 0 Å². The van der Waals surface area contributed by atoms with Crippen molar-refractivity contribution in [2.24, 2.45) is 0 Å². The number of ether oxygens (including phenoxy) is 1.